The van der Waals surface area contributed by atoms with E-state index in [0.29, 0.717) is 22.0 Å². The lowest BCUT2D eigenvalue weighted by molar-refractivity contribution is 0.0513. The van der Waals surface area contributed by atoms with Crippen LogP contribution in [-0.2, 0) is 4.74 Å². The first kappa shape index (κ1) is 14.2. The molecule has 5 rings (SSSR count). The van der Waals surface area contributed by atoms with Gasteiger partial charge in [-0.1, -0.05) is 0 Å². The second-order valence-corrected chi connectivity index (χ2v) is 6.95. The predicted molar refractivity (Wildman–Crippen MR) is 87.4 cm³/mol. The van der Waals surface area contributed by atoms with E-state index >= 15 is 0 Å². The first-order chi connectivity index (χ1) is 10.6. The first-order valence-corrected chi connectivity index (χ1v) is 8.42. The molecular formula is C16H14FIN2O2. The molecule has 6 heteroatoms. The summed E-state index contributed by atoms with van der Waals surface area (Å²) in [6, 6.07) is 3.46. The zero-order valence-corrected chi connectivity index (χ0v) is 14.1. The molecule has 2 bridgehead atoms. The normalized spacial score (nSPS) is 21.4. The Bertz CT molecular complexity index is 781. The van der Waals surface area contributed by atoms with E-state index in [2.05, 4.69) is 9.97 Å². The molecule has 1 saturated carbocycles. The highest BCUT2D eigenvalue weighted by atomic mass is 127. The Morgan fingerprint density at radius 3 is 2.95 bits per heavy atom. The van der Waals surface area contributed by atoms with E-state index in [4.69, 9.17) is 4.74 Å². The van der Waals surface area contributed by atoms with Gasteiger partial charge in [0.25, 0.3) is 0 Å². The number of hydrogen-bond donors (Lipinski definition) is 1. The van der Waals surface area contributed by atoms with Gasteiger partial charge >= 0.3 is 5.97 Å². The Labute approximate surface area is 140 Å². The number of carbonyl (C=O) groups is 1. The van der Waals surface area contributed by atoms with Gasteiger partial charge in [-0.05, 0) is 66.0 Å². The second-order valence-electron chi connectivity index (χ2n) is 5.79. The maximum Gasteiger partial charge on any atom is 0.374 e. The number of esters is 1. The number of ether oxygens (including phenoxy) is 1. The summed E-state index contributed by atoms with van der Waals surface area (Å²) in [5, 5.41) is 0. The third-order valence-electron chi connectivity index (χ3n) is 4.53. The predicted octanol–water partition coefficient (Wildman–Crippen LogP) is 3.97. The number of imidazole rings is 1. The Kier molecular flexibility index (Phi) is 3.25. The molecule has 22 heavy (non-hydrogen) atoms. The molecule has 1 heterocycles. The van der Waals surface area contributed by atoms with Gasteiger partial charge < -0.3 is 9.72 Å². The summed E-state index contributed by atoms with van der Waals surface area (Å²) >= 11 is 1.99. The van der Waals surface area contributed by atoms with E-state index in [-0.39, 0.29) is 11.6 Å². The maximum atomic E-state index is 13.9. The van der Waals surface area contributed by atoms with Crippen LogP contribution in [0.5, 0.6) is 0 Å². The van der Waals surface area contributed by atoms with Crippen LogP contribution in [0, 0.1) is 9.39 Å². The third kappa shape index (κ3) is 2.00. The molecule has 0 aliphatic heterocycles. The summed E-state index contributed by atoms with van der Waals surface area (Å²) in [6.45, 7) is 2.08. The van der Waals surface area contributed by atoms with E-state index in [1.54, 1.807) is 13.0 Å². The molecule has 2 aromatic rings. The molecule has 1 N–H and O–H groups in total. The number of rotatable bonds is 2. The molecule has 0 atom stereocenters. The van der Waals surface area contributed by atoms with Crippen LogP contribution in [-0.4, -0.2) is 22.5 Å². The van der Waals surface area contributed by atoms with Gasteiger partial charge in [-0.15, -0.1) is 0 Å². The van der Waals surface area contributed by atoms with Gasteiger partial charge in [-0.25, -0.2) is 14.2 Å². The molecule has 0 unspecified atom stereocenters. The maximum absolute atomic E-state index is 13.9. The highest BCUT2D eigenvalue weighted by Gasteiger charge is 2.40. The number of halogens is 2. The average molecular weight is 412 g/mol. The number of nitrogens with zero attached hydrogens (tertiary/aromatic N) is 1. The first-order valence-electron chi connectivity index (χ1n) is 7.34. The topological polar surface area (TPSA) is 55.0 Å². The Balaban J connectivity index is 1.89. The molecule has 1 aromatic carbocycles. The number of H-pyrrole nitrogens is 1. The number of nitrogens with one attached hydrogen (secondary N) is 1. The minimum absolute atomic E-state index is 0.188. The summed E-state index contributed by atoms with van der Waals surface area (Å²) in [5.74, 6) is 0.364. The minimum Gasteiger partial charge on any atom is -0.460 e. The molecule has 4 nitrogen and oxygen atoms in total. The zero-order chi connectivity index (χ0) is 15.4. The SMILES string of the molecule is CCOC(=O)c1nc2c([nH]1)C1CC(C1)c1cc(F)c(I)cc1-2. The largest absolute Gasteiger partial charge is 0.460 e. The third-order valence-corrected chi connectivity index (χ3v) is 5.36. The van der Waals surface area contributed by atoms with E-state index in [1.807, 2.05) is 28.7 Å². The number of aromatic nitrogens is 2. The highest BCUT2D eigenvalue weighted by molar-refractivity contribution is 14.1. The van der Waals surface area contributed by atoms with Crippen LogP contribution in [0.1, 0.15) is 53.5 Å². The number of benzene rings is 1. The van der Waals surface area contributed by atoms with Crippen molar-refractivity contribution < 1.29 is 13.9 Å². The number of hydrogen-bond acceptors (Lipinski definition) is 3. The molecule has 1 aromatic heterocycles. The quantitative estimate of drug-likeness (QED) is 0.600. The lowest BCUT2D eigenvalue weighted by Crippen LogP contribution is -2.19. The van der Waals surface area contributed by atoms with Crippen molar-refractivity contribution in [2.24, 2.45) is 0 Å². The van der Waals surface area contributed by atoms with Gasteiger partial charge in [-0.2, -0.15) is 0 Å². The Morgan fingerprint density at radius 1 is 1.45 bits per heavy atom. The molecular weight excluding hydrogens is 398 g/mol. The van der Waals surface area contributed by atoms with Crippen LogP contribution in [0.4, 0.5) is 4.39 Å². The fourth-order valence-corrected chi connectivity index (χ4v) is 3.86. The molecule has 3 aliphatic rings. The van der Waals surface area contributed by atoms with Crippen molar-refractivity contribution in [2.75, 3.05) is 6.61 Å². The smallest absolute Gasteiger partial charge is 0.374 e. The van der Waals surface area contributed by atoms with Crippen molar-refractivity contribution in [1.82, 2.24) is 9.97 Å². The van der Waals surface area contributed by atoms with Crippen molar-refractivity contribution in [3.63, 3.8) is 0 Å². The van der Waals surface area contributed by atoms with Crippen molar-refractivity contribution in [2.45, 2.75) is 31.6 Å². The Morgan fingerprint density at radius 2 is 2.23 bits per heavy atom. The number of aromatic amines is 1. The van der Waals surface area contributed by atoms with E-state index in [9.17, 15) is 9.18 Å². The van der Waals surface area contributed by atoms with Gasteiger partial charge in [0.1, 0.15) is 5.82 Å². The van der Waals surface area contributed by atoms with Gasteiger partial charge in [-0.3, -0.25) is 0 Å². The molecule has 0 saturated heterocycles. The molecule has 114 valence electrons. The van der Waals surface area contributed by atoms with Gasteiger partial charge in [0.05, 0.1) is 12.3 Å². The van der Waals surface area contributed by atoms with Crippen LogP contribution >= 0.6 is 22.6 Å². The second kappa shape index (κ2) is 5.04. The van der Waals surface area contributed by atoms with Crippen LogP contribution in [0.15, 0.2) is 12.1 Å². The highest BCUT2D eigenvalue weighted by Crippen LogP contribution is 2.55. The van der Waals surface area contributed by atoms with Crippen LogP contribution in [0.2, 0.25) is 0 Å². The molecule has 3 aliphatic carbocycles. The lowest BCUT2D eigenvalue weighted by atomic mass is 9.72. The lowest BCUT2D eigenvalue weighted by Gasteiger charge is -2.33. The van der Waals surface area contributed by atoms with Crippen molar-refractivity contribution in [3.8, 4) is 11.3 Å². The summed E-state index contributed by atoms with van der Waals surface area (Å²) in [7, 11) is 0. The molecule has 0 radical (unpaired) electrons. The van der Waals surface area contributed by atoms with Gasteiger partial charge in [0.2, 0.25) is 5.82 Å². The minimum atomic E-state index is -0.440. The summed E-state index contributed by atoms with van der Waals surface area (Å²) in [4.78, 5) is 19.5. The fraction of sp³-hybridized carbons (Fsp3) is 0.375. The van der Waals surface area contributed by atoms with E-state index in [0.717, 1.165) is 35.4 Å². The van der Waals surface area contributed by atoms with Gasteiger partial charge in [0, 0.05) is 20.7 Å². The standard InChI is InChI=1S/C16H14FIN2O2/c1-2-22-16(21)15-19-13-8-3-7(4-8)9-5-11(17)12(18)6-10(9)14(13)20-15/h5-8H,2-4H2,1H3,(H,19,20). The zero-order valence-electron chi connectivity index (χ0n) is 12.0. The van der Waals surface area contributed by atoms with Crippen LogP contribution in [0.25, 0.3) is 11.3 Å². The summed E-state index contributed by atoms with van der Waals surface area (Å²) < 4.78 is 19.5. The fourth-order valence-electron chi connectivity index (χ4n) is 3.40. The van der Waals surface area contributed by atoms with Gasteiger partial charge in [0.15, 0.2) is 0 Å². The monoisotopic (exact) mass is 412 g/mol. The van der Waals surface area contributed by atoms with E-state index < -0.39 is 5.97 Å². The van der Waals surface area contributed by atoms with Crippen molar-refractivity contribution >= 4 is 28.6 Å². The van der Waals surface area contributed by atoms with Crippen LogP contribution < -0.4 is 0 Å². The molecule has 0 amide bonds. The van der Waals surface area contributed by atoms with E-state index in [1.165, 1.54) is 0 Å². The summed E-state index contributed by atoms with van der Waals surface area (Å²) in [5.41, 5.74) is 3.72. The van der Waals surface area contributed by atoms with Crippen molar-refractivity contribution in [1.29, 1.82) is 0 Å². The Hall–Kier alpha value is -1.44. The summed E-state index contributed by atoms with van der Waals surface area (Å²) in [6.07, 6.45) is 1.95. The molecule has 1 fully saturated rings. The van der Waals surface area contributed by atoms with Crippen LogP contribution in [0.3, 0.4) is 0 Å². The van der Waals surface area contributed by atoms with Crippen molar-refractivity contribution in [3.05, 3.63) is 38.6 Å². The average Bonchev–Trinajstić information content (AvgIpc) is 2.78. The molecule has 0 spiro atoms. The number of carbonyl (C=O) groups excluding carboxylic acids is 1.